The maximum absolute atomic E-state index is 12.5. The molecule has 1 fully saturated rings. The van der Waals surface area contributed by atoms with Crippen molar-refractivity contribution in [1.29, 1.82) is 0 Å². The Labute approximate surface area is 245 Å². The Morgan fingerprint density at radius 2 is 1.77 bits per heavy atom. The molecule has 0 spiro atoms. The first-order valence-corrected chi connectivity index (χ1v) is 16.0. The average molecular weight is 558 g/mol. The fourth-order valence-corrected chi connectivity index (χ4v) is 4.43. The number of nitrogens with zero attached hydrogens (tertiary/aromatic N) is 3. The van der Waals surface area contributed by atoms with Crippen LogP contribution in [0, 0.1) is 13.8 Å². The monoisotopic (exact) mass is 557 g/mol. The molecular weight excluding hydrogens is 498 g/mol. The van der Waals surface area contributed by atoms with Gasteiger partial charge in [0, 0.05) is 36.3 Å². The van der Waals surface area contributed by atoms with Gasteiger partial charge in [0.1, 0.15) is 5.69 Å². The zero-order chi connectivity index (χ0) is 30.5. The quantitative estimate of drug-likeness (QED) is 0.260. The number of rotatable bonds is 11. The Bertz CT molecular complexity index is 1010. The summed E-state index contributed by atoms with van der Waals surface area (Å²) in [5.74, 6) is 0.659. The SMILES string of the molecule is CC.CC.CCC(=O)Cn1c(C)cnc(CCCCC2CCCCO2)c1=O.CCc1ccc([C@H](C)CC)nc1C. The van der Waals surface area contributed by atoms with Crippen molar-refractivity contribution >= 4 is 5.78 Å². The number of aryl methyl sites for hydroxylation is 4. The Kier molecular flexibility index (Phi) is 21.1. The molecule has 2 aromatic heterocycles. The van der Waals surface area contributed by atoms with Gasteiger partial charge in [-0.1, -0.05) is 67.9 Å². The van der Waals surface area contributed by atoms with E-state index in [1.165, 1.54) is 29.8 Å². The number of carbonyl (C=O) groups is 1. The molecule has 1 saturated heterocycles. The second kappa shape index (κ2) is 22.4. The highest BCUT2D eigenvalue weighted by Gasteiger charge is 2.14. The minimum Gasteiger partial charge on any atom is -0.378 e. The molecule has 1 aliphatic heterocycles. The van der Waals surface area contributed by atoms with Crippen molar-refractivity contribution in [2.24, 2.45) is 0 Å². The molecule has 6 heteroatoms. The van der Waals surface area contributed by atoms with Gasteiger partial charge in [0.15, 0.2) is 5.78 Å². The van der Waals surface area contributed by atoms with Crippen LogP contribution in [0.1, 0.15) is 141 Å². The van der Waals surface area contributed by atoms with Crippen molar-refractivity contribution in [2.75, 3.05) is 6.61 Å². The Morgan fingerprint density at radius 1 is 1.07 bits per heavy atom. The number of carbonyl (C=O) groups excluding carboxylic acids is 1. The summed E-state index contributed by atoms with van der Waals surface area (Å²) in [6, 6.07) is 4.38. The third-order valence-corrected chi connectivity index (χ3v) is 7.23. The molecule has 0 aromatic carbocycles. The Hall–Kier alpha value is -2.34. The van der Waals surface area contributed by atoms with Crippen LogP contribution in [0.3, 0.4) is 0 Å². The van der Waals surface area contributed by atoms with Crippen LogP contribution in [-0.2, 0) is 28.9 Å². The molecule has 0 N–H and O–H groups in total. The van der Waals surface area contributed by atoms with E-state index in [1.807, 2.05) is 41.5 Å². The van der Waals surface area contributed by atoms with Crippen molar-refractivity contribution in [3.05, 3.63) is 57.0 Å². The summed E-state index contributed by atoms with van der Waals surface area (Å²) in [4.78, 5) is 33.0. The lowest BCUT2D eigenvalue weighted by Gasteiger charge is -2.22. The van der Waals surface area contributed by atoms with E-state index in [2.05, 4.69) is 49.8 Å². The van der Waals surface area contributed by atoms with Crippen LogP contribution in [-0.4, -0.2) is 33.0 Å². The highest BCUT2D eigenvalue weighted by atomic mass is 16.5. The normalized spacial score (nSPS) is 14.9. The first-order valence-electron chi connectivity index (χ1n) is 16.0. The van der Waals surface area contributed by atoms with Crippen LogP contribution in [0.25, 0.3) is 0 Å². The van der Waals surface area contributed by atoms with Gasteiger partial charge in [-0.2, -0.15) is 0 Å². The highest BCUT2D eigenvalue weighted by molar-refractivity contribution is 5.77. The van der Waals surface area contributed by atoms with Gasteiger partial charge in [-0.25, -0.2) is 0 Å². The number of unbranched alkanes of at least 4 members (excludes halogenated alkanes) is 1. The molecule has 2 aromatic rings. The van der Waals surface area contributed by atoms with Gasteiger partial charge in [0.2, 0.25) is 0 Å². The summed E-state index contributed by atoms with van der Waals surface area (Å²) in [6.45, 7) is 21.4. The zero-order valence-electron chi connectivity index (χ0n) is 27.4. The van der Waals surface area contributed by atoms with E-state index in [-0.39, 0.29) is 17.9 Å². The van der Waals surface area contributed by atoms with Gasteiger partial charge in [-0.15, -0.1) is 0 Å². The van der Waals surface area contributed by atoms with E-state index < -0.39 is 0 Å². The zero-order valence-corrected chi connectivity index (χ0v) is 27.4. The van der Waals surface area contributed by atoms with Gasteiger partial charge < -0.3 is 9.30 Å². The molecule has 0 bridgehead atoms. The van der Waals surface area contributed by atoms with E-state index in [9.17, 15) is 9.59 Å². The molecule has 0 radical (unpaired) electrons. The summed E-state index contributed by atoms with van der Waals surface area (Å²) >= 11 is 0. The van der Waals surface area contributed by atoms with Gasteiger partial charge >= 0.3 is 0 Å². The Morgan fingerprint density at radius 3 is 2.33 bits per heavy atom. The Balaban J connectivity index is 0.000000759. The molecular formula is C34H59N3O3. The first-order chi connectivity index (χ1) is 19.3. The van der Waals surface area contributed by atoms with Gasteiger partial charge in [0.05, 0.1) is 12.6 Å². The molecule has 1 unspecified atom stereocenters. The predicted octanol–water partition coefficient (Wildman–Crippen LogP) is 8.33. The van der Waals surface area contributed by atoms with Crippen LogP contribution in [0.5, 0.6) is 0 Å². The van der Waals surface area contributed by atoms with E-state index in [0.717, 1.165) is 50.8 Å². The van der Waals surface area contributed by atoms with E-state index >= 15 is 0 Å². The predicted molar refractivity (Wildman–Crippen MR) is 169 cm³/mol. The summed E-state index contributed by atoms with van der Waals surface area (Å²) in [5.41, 5.74) is 5.01. The van der Waals surface area contributed by atoms with Crippen LogP contribution in [0.4, 0.5) is 0 Å². The molecule has 0 amide bonds. The minimum absolute atomic E-state index is 0.0711. The summed E-state index contributed by atoms with van der Waals surface area (Å²) in [5, 5.41) is 0. The van der Waals surface area contributed by atoms with E-state index in [0.29, 0.717) is 30.6 Å². The number of ether oxygens (including phenoxy) is 1. The summed E-state index contributed by atoms with van der Waals surface area (Å²) in [7, 11) is 0. The molecule has 2 atom stereocenters. The molecule has 0 aliphatic carbocycles. The maximum atomic E-state index is 12.5. The van der Waals surface area contributed by atoms with Crippen molar-refractivity contribution in [3.8, 4) is 0 Å². The lowest BCUT2D eigenvalue weighted by atomic mass is 10.0. The topological polar surface area (TPSA) is 74.1 Å². The van der Waals surface area contributed by atoms with Crippen LogP contribution in [0.15, 0.2) is 23.1 Å². The van der Waals surface area contributed by atoms with Gasteiger partial charge in [-0.05, 0) is 82.8 Å². The molecule has 6 nitrogen and oxygen atoms in total. The number of aromatic nitrogens is 3. The standard InChI is InChI=1S/C18H28N2O3.C12H19N.2C2H6/c1-3-15(21)13-20-14(2)12-19-17(18(20)22)10-5-4-8-16-9-6-7-11-23-16;1-5-9(3)12-8-7-11(6-2)10(4)13-12;2*1-2/h12,16H,3-11,13H2,1-2H3;7-9H,5-6H2,1-4H3;2*1-2H3/t;9-;;/m.1../s1. The van der Waals surface area contributed by atoms with Crippen molar-refractivity contribution in [3.63, 3.8) is 0 Å². The second-order valence-corrected chi connectivity index (χ2v) is 10.0. The van der Waals surface area contributed by atoms with Crippen molar-refractivity contribution < 1.29 is 9.53 Å². The van der Waals surface area contributed by atoms with Gasteiger partial charge in [0.25, 0.3) is 5.56 Å². The second-order valence-electron chi connectivity index (χ2n) is 10.0. The van der Waals surface area contributed by atoms with Crippen molar-refractivity contribution in [1.82, 2.24) is 14.5 Å². The minimum atomic E-state index is -0.110. The fraction of sp³-hybridized carbons (Fsp3) is 0.706. The van der Waals surface area contributed by atoms with E-state index in [4.69, 9.17) is 4.74 Å². The van der Waals surface area contributed by atoms with Gasteiger partial charge in [-0.3, -0.25) is 19.6 Å². The van der Waals surface area contributed by atoms with E-state index in [1.54, 1.807) is 10.8 Å². The van der Waals surface area contributed by atoms with Crippen LogP contribution in [0.2, 0.25) is 0 Å². The lowest BCUT2D eigenvalue weighted by Crippen LogP contribution is -2.29. The third-order valence-electron chi connectivity index (χ3n) is 7.23. The summed E-state index contributed by atoms with van der Waals surface area (Å²) < 4.78 is 7.28. The fourth-order valence-electron chi connectivity index (χ4n) is 4.43. The summed E-state index contributed by atoms with van der Waals surface area (Å²) in [6.07, 6.45) is 12.1. The molecule has 228 valence electrons. The number of hydrogen-bond donors (Lipinski definition) is 0. The number of ketones is 1. The first kappa shape index (κ1) is 37.7. The molecule has 3 rings (SSSR count). The third kappa shape index (κ3) is 13.3. The van der Waals surface area contributed by atoms with Crippen molar-refractivity contribution in [2.45, 2.75) is 152 Å². The number of Topliss-reactive ketones (excluding diaryl/α,β-unsaturated/α-hetero) is 1. The molecule has 0 saturated carbocycles. The maximum Gasteiger partial charge on any atom is 0.272 e. The average Bonchev–Trinajstić information content (AvgIpc) is 3.00. The number of pyridine rings is 1. The lowest BCUT2D eigenvalue weighted by molar-refractivity contribution is -0.119. The smallest absolute Gasteiger partial charge is 0.272 e. The molecule has 3 heterocycles. The van der Waals surface area contributed by atoms with Crippen LogP contribution < -0.4 is 5.56 Å². The number of hydrogen-bond acceptors (Lipinski definition) is 5. The highest BCUT2D eigenvalue weighted by Crippen LogP contribution is 2.19. The molecule has 40 heavy (non-hydrogen) atoms. The van der Waals surface area contributed by atoms with Crippen LogP contribution >= 0.6 is 0 Å². The largest absolute Gasteiger partial charge is 0.378 e. The molecule has 1 aliphatic rings.